The smallest absolute Gasteiger partial charge is 0.258 e. The summed E-state index contributed by atoms with van der Waals surface area (Å²) in [6.45, 7) is 0.619. The van der Waals surface area contributed by atoms with E-state index in [0.717, 1.165) is 24.1 Å². The van der Waals surface area contributed by atoms with Gasteiger partial charge in [0.25, 0.3) is 5.91 Å². The molecule has 1 amide bonds. The molecule has 0 fully saturated rings. The van der Waals surface area contributed by atoms with Crippen LogP contribution in [-0.4, -0.2) is 27.4 Å². The Kier molecular flexibility index (Phi) is 5.15. The van der Waals surface area contributed by atoms with E-state index >= 15 is 0 Å². The van der Waals surface area contributed by atoms with E-state index in [1.807, 2.05) is 24.4 Å². The number of carbonyl (C=O) groups excluding carboxylic acids is 1. The van der Waals surface area contributed by atoms with Gasteiger partial charge >= 0.3 is 0 Å². The van der Waals surface area contributed by atoms with Gasteiger partial charge in [-0.25, -0.2) is 18.7 Å². The second-order valence-electron chi connectivity index (χ2n) is 6.41. The average Bonchev–Trinajstić information content (AvgIpc) is 3.14. The van der Waals surface area contributed by atoms with Gasteiger partial charge < -0.3 is 15.6 Å². The minimum Gasteiger partial charge on any atom is -0.361 e. The Bertz CT molecular complexity index is 1160. The number of rotatable bonds is 6. The van der Waals surface area contributed by atoms with Gasteiger partial charge in [-0.1, -0.05) is 18.2 Å². The Hall–Kier alpha value is -3.81. The summed E-state index contributed by atoms with van der Waals surface area (Å²) in [5, 5.41) is 6.65. The molecule has 2 aromatic heterocycles. The first-order valence-corrected chi connectivity index (χ1v) is 8.97. The van der Waals surface area contributed by atoms with Crippen LogP contribution in [0.25, 0.3) is 10.9 Å². The maximum absolute atomic E-state index is 13.6. The summed E-state index contributed by atoms with van der Waals surface area (Å²) in [7, 11) is 0. The molecule has 0 saturated carbocycles. The summed E-state index contributed by atoms with van der Waals surface area (Å²) in [6, 6.07) is 11.0. The molecule has 8 heteroatoms. The van der Waals surface area contributed by atoms with Gasteiger partial charge in [-0.05, 0) is 30.2 Å². The first-order chi connectivity index (χ1) is 14.1. The average molecular weight is 393 g/mol. The molecule has 0 aliphatic heterocycles. The van der Waals surface area contributed by atoms with Gasteiger partial charge in [0.1, 0.15) is 11.6 Å². The molecule has 4 aromatic rings. The van der Waals surface area contributed by atoms with Crippen LogP contribution in [0.3, 0.4) is 0 Å². The highest BCUT2D eigenvalue weighted by Gasteiger charge is 2.11. The number of hydrogen-bond acceptors (Lipinski definition) is 4. The summed E-state index contributed by atoms with van der Waals surface area (Å²) >= 11 is 0. The summed E-state index contributed by atoms with van der Waals surface area (Å²) < 4.78 is 26.6. The van der Waals surface area contributed by atoms with Crippen molar-refractivity contribution in [3.05, 3.63) is 83.8 Å². The van der Waals surface area contributed by atoms with Crippen molar-refractivity contribution in [1.82, 2.24) is 15.0 Å². The molecule has 0 bridgehead atoms. The SMILES string of the molecule is O=C(Nc1ccc(F)cc1F)c1cnc(NCCc2c[nH]c3ccccc23)nc1. The van der Waals surface area contributed by atoms with Crippen molar-refractivity contribution in [2.45, 2.75) is 6.42 Å². The maximum Gasteiger partial charge on any atom is 0.258 e. The molecule has 0 atom stereocenters. The predicted octanol–water partition coefficient (Wildman–Crippen LogP) is 4.14. The first kappa shape index (κ1) is 18.5. The number of nitrogens with one attached hydrogen (secondary N) is 3. The van der Waals surface area contributed by atoms with Crippen LogP contribution < -0.4 is 10.6 Å². The third-order valence-corrected chi connectivity index (χ3v) is 4.45. The molecule has 2 aromatic carbocycles. The monoisotopic (exact) mass is 393 g/mol. The molecular formula is C21H17F2N5O. The largest absolute Gasteiger partial charge is 0.361 e. The normalized spacial score (nSPS) is 10.8. The van der Waals surface area contributed by atoms with Gasteiger partial charge in [0.05, 0.1) is 11.3 Å². The molecular weight excluding hydrogens is 376 g/mol. The molecule has 0 radical (unpaired) electrons. The number of aromatic nitrogens is 3. The van der Waals surface area contributed by atoms with Crippen LogP contribution in [0.5, 0.6) is 0 Å². The fourth-order valence-electron chi connectivity index (χ4n) is 2.97. The van der Waals surface area contributed by atoms with Crippen molar-refractivity contribution in [2.24, 2.45) is 0 Å². The van der Waals surface area contributed by atoms with Crippen LogP contribution in [0.2, 0.25) is 0 Å². The lowest BCUT2D eigenvalue weighted by molar-refractivity contribution is 0.102. The van der Waals surface area contributed by atoms with Crippen LogP contribution in [-0.2, 0) is 6.42 Å². The molecule has 0 aliphatic rings. The first-order valence-electron chi connectivity index (χ1n) is 8.97. The number of benzene rings is 2. The van der Waals surface area contributed by atoms with Crippen molar-refractivity contribution in [1.29, 1.82) is 0 Å². The van der Waals surface area contributed by atoms with Crippen LogP contribution >= 0.6 is 0 Å². The van der Waals surface area contributed by atoms with Crippen LogP contribution in [0.1, 0.15) is 15.9 Å². The lowest BCUT2D eigenvalue weighted by Gasteiger charge is -2.07. The van der Waals surface area contributed by atoms with E-state index in [2.05, 4.69) is 31.7 Å². The van der Waals surface area contributed by atoms with Crippen molar-refractivity contribution in [3.8, 4) is 0 Å². The minimum atomic E-state index is -0.852. The lowest BCUT2D eigenvalue weighted by atomic mass is 10.1. The number of carbonyl (C=O) groups is 1. The molecule has 0 spiro atoms. The number of aromatic amines is 1. The Labute approximate surface area is 165 Å². The number of anilines is 2. The fraction of sp³-hybridized carbons (Fsp3) is 0.0952. The molecule has 0 saturated heterocycles. The van der Waals surface area contributed by atoms with Crippen molar-refractivity contribution in [3.63, 3.8) is 0 Å². The Morgan fingerprint density at radius 3 is 2.66 bits per heavy atom. The van der Waals surface area contributed by atoms with Gasteiger partial charge in [-0.2, -0.15) is 0 Å². The molecule has 3 N–H and O–H groups in total. The summed E-state index contributed by atoms with van der Waals surface area (Å²) in [5.74, 6) is -1.77. The van der Waals surface area contributed by atoms with Crippen LogP contribution in [0.4, 0.5) is 20.4 Å². The number of fused-ring (bicyclic) bond motifs is 1. The van der Waals surface area contributed by atoms with Gasteiger partial charge in [0.15, 0.2) is 0 Å². The number of para-hydroxylation sites is 1. The Balaban J connectivity index is 1.34. The highest BCUT2D eigenvalue weighted by molar-refractivity contribution is 6.03. The van der Waals surface area contributed by atoms with E-state index in [1.165, 1.54) is 23.3 Å². The topological polar surface area (TPSA) is 82.7 Å². The second-order valence-corrected chi connectivity index (χ2v) is 6.41. The van der Waals surface area contributed by atoms with Crippen LogP contribution in [0.15, 0.2) is 61.1 Å². The zero-order chi connectivity index (χ0) is 20.2. The van der Waals surface area contributed by atoms with Gasteiger partial charge in [-0.15, -0.1) is 0 Å². The predicted molar refractivity (Wildman–Crippen MR) is 107 cm³/mol. The fourth-order valence-corrected chi connectivity index (χ4v) is 2.97. The van der Waals surface area contributed by atoms with Crippen molar-refractivity contribution >= 4 is 28.4 Å². The quantitative estimate of drug-likeness (QED) is 0.460. The zero-order valence-electron chi connectivity index (χ0n) is 15.2. The number of hydrogen-bond donors (Lipinski definition) is 3. The maximum atomic E-state index is 13.6. The number of H-pyrrole nitrogens is 1. The van der Waals surface area contributed by atoms with Gasteiger partial charge in [0, 0.05) is 42.1 Å². The standard InChI is InChI=1S/C21H17F2N5O/c22-15-5-6-19(17(23)9-15)28-20(29)14-11-26-21(27-12-14)24-8-7-13-10-25-18-4-2-1-3-16(13)18/h1-6,9-12,25H,7-8H2,(H,28,29)(H,24,26,27). The van der Waals surface area contributed by atoms with Crippen LogP contribution in [0, 0.1) is 11.6 Å². The van der Waals surface area contributed by atoms with E-state index in [4.69, 9.17) is 0 Å². The third-order valence-electron chi connectivity index (χ3n) is 4.45. The summed E-state index contributed by atoms with van der Waals surface area (Å²) in [4.78, 5) is 23.6. The molecule has 0 unspecified atom stereocenters. The summed E-state index contributed by atoms with van der Waals surface area (Å²) in [6.07, 6.45) is 5.45. The molecule has 4 rings (SSSR count). The highest BCUT2D eigenvalue weighted by atomic mass is 19.1. The van der Waals surface area contributed by atoms with E-state index < -0.39 is 17.5 Å². The number of halogens is 2. The van der Waals surface area contributed by atoms with E-state index in [-0.39, 0.29) is 11.3 Å². The second kappa shape index (κ2) is 8.05. The van der Waals surface area contributed by atoms with Gasteiger partial charge in [0.2, 0.25) is 5.95 Å². The Morgan fingerprint density at radius 1 is 1.07 bits per heavy atom. The van der Waals surface area contributed by atoms with Crippen molar-refractivity contribution in [2.75, 3.05) is 17.2 Å². The van der Waals surface area contributed by atoms with E-state index in [1.54, 1.807) is 0 Å². The third kappa shape index (κ3) is 4.21. The zero-order valence-corrected chi connectivity index (χ0v) is 15.2. The van der Waals surface area contributed by atoms with E-state index in [9.17, 15) is 13.6 Å². The highest BCUT2D eigenvalue weighted by Crippen LogP contribution is 2.18. The number of amides is 1. The Morgan fingerprint density at radius 2 is 1.86 bits per heavy atom. The molecule has 0 aliphatic carbocycles. The molecule has 29 heavy (non-hydrogen) atoms. The van der Waals surface area contributed by atoms with E-state index in [0.29, 0.717) is 18.6 Å². The van der Waals surface area contributed by atoms with Crippen molar-refractivity contribution < 1.29 is 13.6 Å². The summed E-state index contributed by atoms with van der Waals surface area (Å²) in [5.41, 5.74) is 2.32. The minimum absolute atomic E-state index is 0.114. The lowest BCUT2D eigenvalue weighted by Crippen LogP contribution is -2.15. The molecule has 2 heterocycles. The number of nitrogens with zero attached hydrogens (tertiary/aromatic N) is 2. The molecule has 146 valence electrons. The van der Waals surface area contributed by atoms with Gasteiger partial charge in [-0.3, -0.25) is 4.79 Å². The molecule has 6 nitrogen and oxygen atoms in total.